The van der Waals surface area contributed by atoms with Gasteiger partial charge in [0, 0.05) is 0 Å². The van der Waals surface area contributed by atoms with Gasteiger partial charge < -0.3 is 0 Å². The van der Waals surface area contributed by atoms with E-state index in [1.807, 2.05) is 0 Å². The fourth-order valence-corrected chi connectivity index (χ4v) is 0.403. The minimum Gasteiger partial charge on any atom is -0.294 e. The van der Waals surface area contributed by atoms with E-state index in [0.717, 1.165) is 0 Å². The molecule has 2 nitrogen and oxygen atoms in total. The minimum atomic E-state index is -3.24. The molecule has 0 saturated carbocycles. The van der Waals surface area contributed by atoms with Crippen molar-refractivity contribution in [3.05, 3.63) is 0 Å². The molecule has 6 heteroatoms. The van der Waals surface area contributed by atoms with Crippen LogP contribution in [0, 0.1) is 0 Å². The summed E-state index contributed by atoms with van der Waals surface area (Å²) in [6, 6.07) is 0. The molecule has 0 aliphatic heterocycles. The van der Waals surface area contributed by atoms with Gasteiger partial charge in [-0.15, -0.1) is 0 Å². The van der Waals surface area contributed by atoms with E-state index in [1.54, 1.807) is 0 Å². The zero-order valence-corrected chi connectivity index (χ0v) is 5.95. The lowest BCUT2D eigenvalue weighted by molar-refractivity contribution is -0.134. The van der Waals surface area contributed by atoms with Gasteiger partial charge in [0.15, 0.2) is 5.78 Å². The van der Waals surface area contributed by atoms with Crippen molar-refractivity contribution in [2.75, 3.05) is 0 Å². The zero-order chi connectivity index (χ0) is 9.02. The van der Waals surface area contributed by atoms with Crippen LogP contribution >= 0.6 is 11.6 Å². The molecule has 0 bridgehead atoms. The van der Waals surface area contributed by atoms with Crippen LogP contribution in [0.2, 0.25) is 0 Å². The van der Waals surface area contributed by atoms with Crippen molar-refractivity contribution in [1.29, 1.82) is 0 Å². The van der Waals surface area contributed by atoms with E-state index in [9.17, 15) is 22.8 Å². The molecule has 1 atom stereocenters. The van der Waals surface area contributed by atoms with Crippen LogP contribution in [0.3, 0.4) is 0 Å². The third-order valence-electron chi connectivity index (χ3n) is 0.835. The van der Waals surface area contributed by atoms with Crippen LogP contribution in [-0.4, -0.2) is 23.6 Å². The summed E-state index contributed by atoms with van der Waals surface area (Å²) < 4.78 is 34.5. The third-order valence-corrected chi connectivity index (χ3v) is 1.08. The van der Waals surface area contributed by atoms with E-state index in [2.05, 4.69) is 11.6 Å². The first-order chi connectivity index (χ1) is 4.95. The van der Waals surface area contributed by atoms with E-state index in [0.29, 0.717) is 0 Å². The number of rotatable bonds is 4. The fourth-order valence-electron chi connectivity index (χ4n) is 0.326. The number of hydrogen-bond acceptors (Lipinski definition) is 2. The number of Topliss-reactive ketones (excluding diaryl/α,β-unsaturated/α-hetero) is 2. The Morgan fingerprint density at radius 1 is 1.18 bits per heavy atom. The highest BCUT2D eigenvalue weighted by atomic mass is 35.5. The fraction of sp³-hybridized carbons (Fsp3) is 0.600. The maximum atomic E-state index is 11.7. The molecular weight excluding hydrogens is 184 g/mol. The van der Waals surface area contributed by atoms with Gasteiger partial charge in [-0.3, -0.25) is 9.59 Å². The SMILES string of the molecule is O=C(CC(=O)C(F)Cl)C(F)F. The van der Waals surface area contributed by atoms with Crippen LogP contribution in [0.25, 0.3) is 0 Å². The molecule has 0 aromatic carbocycles. The summed E-state index contributed by atoms with van der Waals surface area (Å²) in [5, 5.41) is 0. The number of halogens is 4. The number of carbonyl (C=O) groups is 2. The summed E-state index contributed by atoms with van der Waals surface area (Å²) in [6.45, 7) is 0. The summed E-state index contributed by atoms with van der Waals surface area (Å²) in [5.74, 6) is -2.95. The van der Waals surface area contributed by atoms with Gasteiger partial charge in [-0.1, -0.05) is 11.6 Å². The molecule has 64 valence electrons. The molecule has 0 saturated heterocycles. The number of carbonyl (C=O) groups excluding carboxylic acids is 2. The Hall–Kier alpha value is -0.580. The second-order valence-corrected chi connectivity index (χ2v) is 2.09. The van der Waals surface area contributed by atoms with Crippen molar-refractivity contribution in [1.82, 2.24) is 0 Å². The van der Waals surface area contributed by atoms with E-state index in [1.165, 1.54) is 0 Å². The summed E-state index contributed by atoms with van der Waals surface area (Å²) in [7, 11) is 0. The number of alkyl halides is 4. The van der Waals surface area contributed by atoms with Gasteiger partial charge in [0.2, 0.25) is 11.4 Å². The molecule has 0 spiro atoms. The van der Waals surface area contributed by atoms with Gasteiger partial charge in [0.05, 0.1) is 6.42 Å². The van der Waals surface area contributed by atoms with Gasteiger partial charge in [-0.05, 0) is 0 Å². The van der Waals surface area contributed by atoms with Crippen molar-refractivity contribution in [3.8, 4) is 0 Å². The van der Waals surface area contributed by atoms with Crippen LogP contribution in [0.5, 0.6) is 0 Å². The van der Waals surface area contributed by atoms with E-state index in [-0.39, 0.29) is 0 Å². The van der Waals surface area contributed by atoms with Gasteiger partial charge >= 0.3 is 0 Å². The van der Waals surface area contributed by atoms with Crippen LogP contribution < -0.4 is 0 Å². The average Bonchev–Trinajstić information content (AvgIpc) is 1.87. The Balaban J connectivity index is 3.86. The Morgan fingerprint density at radius 2 is 1.64 bits per heavy atom. The molecule has 0 radical (unpaired) electrons. The van der Waals surface area contributed by atoms with Crippen LogP contribution in [0.4, 0.5) is 13.2 Å². The maximum Gasteiger partial charge on any atom is 0.296 e. The molecule has 0 aromatic rings. The van der Waals surface area contributed by atoms with Gasteiger partial charge in [0.1, 0.15) is 0 Å². The Labute approximate surface area is 65.3 Å². The number of ketones is 2. The van der Waals surface area contributed by atoms with E-state index < -0.39 is 30.0 Å². The highest BCUT2D eigenvalue weighted by Gasteiger charge is 2.23. The monoisotopic (exact) mass is 188 g/mol. The number of hydrogen-bond donors (Lipinski definition) is 0. The molecule has 0 fully saturated rings. The highest BCUT2D eigenvalue weighted by Crippen LogP contribution is 2.05. The average molecular weight is 189 g/mol. The molecule has 11 heavy (non-hydrogen) atoms. The van der Waals surface area contributed by atoms with E-state index >= 15 is 0 Å². The molecule has 1 unspecified atom stereocenters. The molecule has 0 rings (SSSR count). The maximum absolute atomic E-state index is 11.7. The third kappa shape index (κ3) is 3.98. The first kappa shape index (κ1) is 10.4. The summed E-state index contributed by atoms with van der Waals surface area (Å²) in [5.41, 5.74) is -2.38. The van der Waals surface area contributed by atoms with Gasteiger partial charge in [-0.25, -0.2) is 13.2 Å². The Bertz CT molecular complexity index is 151. The molecule has 0 amide bonds. The van der Waals surface area contributed by atoms with Crippen LogP contribution in [0.15, 0.2) is 0 Å². The lowest BCUT2D eigenvalue weighted by atomic mass is 10.2. The first-order valence-corrected chi connectivity index (χ1v) is 3.00. The van der Waals surface area contributed by atoms with Gasteiger partial charge in [0.25, 0.3) is 6.43 Å². The molecule has 0 N–H and O–H groups in total. The van der Waals surface area contributed by atoms with Crippen molar-refractivity contribution in [3.63, 3.8) is 0 Å². The summed E-state index contributed by atoms with van der Waals surface area (Å²) in [6.07, 6.45) is -4.39. The Morgan fingerprint density at radius 3 is 1.91 bits per heavy atom. The van der Waals surface area contributed by atoms with Crippen LogP contribution in [-0.2, 0) is 9.59 Å². The predicted octanol–water partition coefficient (Wildman–Crippen LogP) is 1.31. The molecule has 0 aliphatic rings. The zero-order valence-electron chi connectivity index (χ0n) is 5.19. The van der Waals surface area contributed by atoms with Crippen molar-refractivity contribution in [2.45, 2.75) is 18.5 Å². The van der Waals surface area contributed by atoms with Crippen LogP contribution in [0.1, 0.15) is 6.42 Å². The smallest absolute Gasteiger partial charge is 0.294 e. The minimum absolute atomic E-state index is 1.15. The summed E-state index contributed by atoms with van der Waals surface area (Å²) in [4.78, 5) is 20.3. The van der Waals surface area contributed by atoms with Crippen molar-refractivity contribution < 1.29 is 22.8 Å². The molecular formula is C5H4ClF3O2. The summed E-state index contributed by atoms with van der Waals surface area (Å²) >= 11 is 4.56. The molecule has 0 heterocycles. The lowest BCUT2D eigenvalue weighted by Gasteiger charge is -1.97. The normalized spacial score (nSPS) is 13.2. The lowest BCUT2D eigenvalue weighted by Crippen LogP contribution is -2.19. The van der Waals surface area contributed by atoms with E-state index in [4.69, 9.17) is 0 Å². The quantitative estimate of drug-likeness (QED) is 0.493. The second-order valence-electron chi connectivity index (χ2n) is 1.71. The largest absolute Gasteiger partial charge is 0.296 e. The topological polar surface area (TPSA) is 34.1 Å². The first-order valence-electron chi connectivity index (χ1n) is 2.57. The second kappa shape index (κ2) is 4.33. The highest BCUT2D eigenvalue weighted by molar-refractivity contribution is 6.31. The van der Waals surface area contributed by atoms with Crippen molar-refractivity contribution in [2.24, 2.45) is 0 Å². The molecule has 0 aliphatic carbocycles. The van der Waals surface area contributed by atoms with Gasteiger partial charge in [-0.2, -0.15) is 0 Å². The standard InChI is InChI=1S/C5H4ClF3O2/c6-4(7)2(10)1-3(11)5(8)9/h4-5H,1H2. The van der Waals surface area contributed by atoms with Crippen molar-refractivity contribution >= 4 is 23.2 Å². The molecule has 0 aromatic heterocycles. The Kier molecular flexibility index (Phi) is 4.10. The predicted molar refractivity (Wildman–Crippen MR) is 31.4 cm³/mol.